The average Bonchev–Trinajstić information content (AvgIpc) is 3.50. The number of fused-ring (bicyclic) bond motifs is 1. The Morgan fingerprint density at radius 3 is 2.68 bits per heavy atom. The Kier molecular flexibility index (Phi) is 7.87. The fourth-order valence-electron chi connectivity index (χ4n) is 3.49. The molecule has 2 heterocycles. The van der Waals surface area contributed by atoms with Crippen molar-refractivity contribution in [2.45, 2.75) is 13.1 Å². The van der Waals surface area contributed by atoms with Crippen LogP contribution in [0.3, 0.4) is 0 Å². The molecule has 0 fully saturated rings. The summed E-state index contributed by atoms with van der Waals surface area (Å²) in [6.07, 6.45) is 1.61. The lowest BCUT2D eigenvalue weighted by atomic mass is 10.2. The SMILES string of the molecule is C=CCN(CC(=O)N(Cc1ccc2c(c1)OCO2)Cc1cccs1)C(=O)Nc1cccc(Br)c1. The third-order valence-corrected chi connectivity index (χ3v) is 6.48. The van der Waals surface area contributed by atoms with Crippen LogP contribution in [0, 0.1) is 0 Å². The summed E-state index contributed by atoms with van der Waals surface area (Å²) in [6, 6.07) is 16.5. The largest absolute Gasteiger partial charge is 0.454 e. The number of urea groups is 1. The van der Waals surface area contributed by atoms with E-state index in [4.69, 9.17) is 9.47 Å². The van der Waals surface area contributed by atoms with Crippen molar-refractivity contribution < 1.29 is 19.1 Å². The van der Waals surface area contributed by atoms with Gasteiger partial charge in [0.25, 0.3) is 0 Å². The lowest BCUT2D eigenvalue weighted by molar-refractivity contribution is -0.132. The topological polar surface area (TPSA) is 71.1 Å². The van der Waals surface area contributed by atoms with Gasteiger partial charge in [-0.25, -0.2) is 4.79 Å². The molecule has 9 heteroatoms. The summed E-state index contributed by atoms with van der Waals surface area (Å²) >= 11 is 4.99. The maximum atomic E-state index is 13.4. The zero-order valence-electron chi connectivity index (χ0n) is 18.4. The number of carbonyl (C=O) groups is 2. The first-order valence-electron chi connectivity index (χ1n) is 10.6. The summed E-state index contributed by atoms with van der Waals surface area (Å²) in [6.45, 7) is 4.91. The van der Waals surface area contributed by atoms with Crippen molar-refractivity contribution in [2.75, 3.05) is 25.2 Å². The molecular formula is C25H24BrN3O4S. The Hall–Kier alpha value is -3.30. The fourth-order valence-corrected chi connectivity index (χ4v) is 4.61. The quantitative estimate of drug-likeness (QED) is 0.363. The van der Waals surface area contributed by atoms with E-state index in [0.29, 0.717) is 30.3 Å². The summed E-state index contributed by atoms with van der Waals surface area (Å²) in [5.41, 5.74) is 1.56. The summed E-state index contributed by atoms with van der Waals surface area (Å²) in [4.78, 5) is 30.6. The minimum absolute atomic E-state index is 0.0816. The monoisotopic (exact) mass is 541 g/mol. The van der Waals surface area contributed by atoms with Crippen LogP contribution in [0.4, 0.5) is 10.5 Å². The molecule has 7 nitrogen and oxygen atoms in total. The molecule has 4 rings (SSSR count). The summed E-state index contributed by atoms with van der Waals surface area (Å²) < 4.78 is 11.7. The van der Waals surface area contributed by atoms with Crippen LogP contribution in [0.5, 0.6) is 11.5 Å². The fraction of sp³-hybridized carbons (Fsp3) is 0.200. The third kappa shape index (κ3) is 6.18. The minimum atomic E-state index is -0.370. The van der Waals surface area contributed by atoms with Crippen LogP contribution in [0.2, 0.25) is 0 Å². The molecule has 3 aromatic rings. The van der Waals surface area contributed by atoms with Gasteiger partial charge in [-0.2, -0.15) is 0 Å². The van der Waals surface area contributed by atoms with Crippen molar-refractivity contribution in [1.29, 1.82) is 0 Å². The summed E-state index contributed by atoms with van der Waals surface area (Å²) in [5, 5.41) is 4.83. The van der Waals surface area contributed by atoms with E-state index in [0.717, 1.165) is 14.9 Å². The molecule has 3 amide bonds. The number of rotatable bonds is 9. The van der Waals surface area contributed by atoms with Gasteiger partial charge >= 0.3 is 6.03 Å². The van der Waals surface area contributed by atoms with Crippen LogP contribution in [0.1, 0.15) is 10.4 Å². The predicted molar refractivity (Wildman–Crippen MR) is 136 cm³/mol. The number of hydrogen-bond acceptors (Lipinski definition) is 5. The number of thiophene rings is 1. The van der Waals surface area contributed by atoms with Crippen LogP contribution < -0.4 is 14.8 Å². The summed E-state index contributed by atoms with van der Waals surface area (Å²) in [5.74, 6) is 1.20. The number of nitrogens with one attached hydrogen (secondary N) is 1. The first kappa shape index (κ1) is 23.8. The first-order chi connectivity index (χ1) is 16.5. The van der Waals surface area contributed by atoms with Crippen LogP contribution >= 0.6 is 27.3 Å². The van der Waals surface area contributed by atoms with Gasteiger partial charge in [0.05, 0.1) is 6.54 Å². The molecular weight excluding hydrogens is 518 g/mol. The molecule has 0 radical (unpaired) electrons. The van der Waals surface area contributed by atoms with Gasteiger partial charge in [-0.1, -0.05) is 40.2 Å². The van der Waals surface area contributed by atoms with Gasteiger partial charge in [0.15, 0.2) is 11.5 Å². The van der Waals surface area contributed by atoms with E-state index in [1.807, 2.05) is 47.8 Å². The highest BCUT2D eigenvalue weighted by Crippen LogP contribution is 2.33. The van der Waals surface area contributed by atoms with Gasteiger partial charge in [0, 0.05) is 28.1 Å². The first-order valence-corrected chi connectivity index (χ1v) is 12.3. The molecule has 1 aliphatic heterocycles. The smallest absolute Gasteiger partial charge is 0.322 e. The van der Waals surface area contributed by atoms with Crippen molar-refractivity contribution >= 4 is 44.9 Å². The lowest BCUT2D eigenvalue weighted by Gasteiger charge is -2.27. The Morgan fingerprint density at radius 2 is 1.91 bits per heavy atom. The molecule has 1 aromatic heterocycles. The standard InChI is InChI=1S/C25H24BrN3O4S/c1-2-10-28(25(31)27-20-6-3-5-19(26)13-20)16-24(30)29(15-21-7-4-11-34-21)14-18-8-9-22-23(12-18)33-17-32-22/h2-9,11-13H,1,10,14-17H2,(H,27,31). The number of benzene rings is 2. The van der Waals surface area contributed by atoms with Gasteiger partial charge in [-0.3, -0.25) is 4.79 Å². The molecule has 2 aromatic carbocycles. The molecule has 0 bridgehead atoms. The Labute approximate surface area is 210 Å². The van der Waals surface area contributed by atoms with Gasteiger partial charge in [-0.05, 0) is 47.3 Å². The average molecular weight is 542 g/mol. The number of nitrogens with zero attached hydrogens (tertiary/aromatic N) is 2. The van der Waals surface area contributed by atoms with Crippen molar-refractivity contribution in [1.82, 2.24) is 9.80 Å². The van der Waals surface area contributed by atoms with Gasteiger partial charge in [0.1, 0.15) is 6.54 Å². The third-order valence-electron chi connectivity index (χ3n) is 5.13. The van der Waals surface area contributed by atoms with E-state index in [1.54, 1.807) is 34.4 Å². The number of ether oxygens (including phenoxy) is 2. The Bertz CT molecular complexity index is 1170. The van der Waals surface area contributed by atoms with Crippen LogP contribution in [0.15, 0.2) is 77.1 Å². The van der Waals surface area contributed by atoms with E-state index >= 15 is 0 Å². The predicted octanol–water partition coefficient (Wildman–Crippen LogP) is 5.49. The zero-order valence-corrected chi connectivity index (χ0v) is 20.8. The van der Waals surface area contributed by atoms with Crippen molar-refractivity contribution in [3.63, 3.8) is 0 Å². The lowest BCUT2D eigenvalue weighted by Crippen LogP contribution is -2.44. The molecule has 0 saturated heterocycles. The molecule has 0 unspecified atom stereocenters. The second-order valence-electron chi connectivity index (χ2n) is 7.63. The van der Waals surface area contributed by atoms with Gasteiger partial charge < -0.3 is 24.6 Å². The molecule has 1 N–H and O–H groups in total. The molecule has 0 aliphatic carbocycles. The normalized spacial score (nSPS) is 11.7. The van der Waals surface area contributed by atoms with Crippen LogP contribution in [0.25, 0.3) is 0 Å². The highest BCUT2D eigenvalue weighted by molar-refractivity contribution is 9.10. The Balaban J connectivity index is 1.49. The van der Waals surface area contributed by atoms with Crippen molar-refractivity contribution in [3.8, 4) is 11.5 Å². The van der Waals surface area contributed by atoms with Crippen molar-refractivity contribution in [3.05, 3.63) is 87.5 Å². The maximum absolute atomic E-state index is 13.4. The number of anilines is 1. The zero-order chi connectivity index (χ0) is 23.9. The highest BCUT2D eigenvalue weighted by Gasteiger charge is 2.23. The number of carbonyl (C=O) groups excluding carboxylic acids is 2. The molecule has 0 saturated carbocycles. The highest BCUT2D eigenvalue weighted by atomic mass is 79.9. The van der Waals surface area contributed by atoms with Crippen LogP contribution in [-0.4, -0.2) is 41.6 Å². The summed E-state index contributed by atoms with van der Waals surface area (Å²) in [7, 11) is 0. The number of halogens is 1. The number of hydrogen-bond donors (Lipinski definition) is 1. The second-order valence-corrected chi connectivity index (χ2v) is 9.57. The van der Waals surface area contributed by atoms with Gasteiger partial charge in [0.2, 0.25) is 12.7 Å². The van der Waals surface area contributed by atoms with E-state index in [-0.39, 0.29) is 31.8 Å². The minimum Gasteiger partial charge on any atom is -0.454 e. The van der Waals surface area contributed by atoms with E-state index in [1.165, 1.54) is 4.90 Å². The van der Waals surface area contributed by atoms with E-state index < -0.39 is 0 Å². The molecule has 176 valence electrons. The van der Waals surface area contributed by atoms with E-state index in [2.05, 4.69) is 27.8 Å². The molecule has 34 heavy (non-hydrogen) atoms. The van der Waals surface area contributed by atoms with Crippen LogP contribution in [-0.2, 0) is 17.9 Å². The van der Waals surface area contributed by atoms with Crippen molar-refractivity contribution in [2.24, 2.45) is 0 Å². The Morgan fingerprint density at radius 1 is 1.06 bits per heavy atom. The molecule has 1 aliphatic rings. The van der Waals surface area contributed by atoms with Gasteiger partial charge in [-0.15, -0.1) is 17.9 Å². The van der Waals surface area contributed by atoms with E-state index in [9.17, 15) is 9.59 Å². The molecule has 0 atom stereocenters. The molecule has 0 spiro atoms. The second kappa shape index (κ2) is 11.2. The maximum Gasteiger partial charge on any atom is 0.322 e. The number of amides is 3.